The molecule has 2 heterocycles. The van der Waals surface area contributed by atoms with E-state index in [9.17, 15) is 4.79 Å². The number of nitrogens with one attached hydrogen (secondary N) is 2. The molecule has 1 aliphatic rings. The summed E-state index contributed by atoms with van der Waals surface area (Å²) in [6.07, 6.45) is 3.41. The first-order valence-corrected chi connectivity index (χ1v) is 8.93. The maximum atomic E-state index is 11.9. The van der Waals surface area contributed by atoms with Crippen LogP contribution in [0, 0.1) is 0 Å². The van der Waals surface area contributed by atoms with E-state index in [1.807, 2.05) is 34.8 Å². The summed E-state index contributed by atoms with van der Waals surface area (Å²) in [4.78, 5) is 18.1. The maximum Gasteiger partial charge on any atom is 0.222 e. The van der Waals surface area contributed by atoms with Crippen molar-refractivity contribution in [2.75, 3.05) is 13.6 Å². The van der Waals surface area contributed by atoms with E-state index in [1.54, 1.807) is 13.2 Å². The first kappa shape index (κ1) is 18.0. The minimum Gasteiger partial charge on any atom is -0.352 e. The minimum atomic E-state index is 0.251. The fourth-order valence-corrected chi connectivity index (χ4v) is 3.11. The van der Waals surface area contributed by atoms with Crippen molar-refractivity contribution in [1.29, 1.82) is 0 Å². The molecule has 26 heavy (non-hydrogen) atoms. The second-order valence-corrected chi connectivity index (χ2v) is 6.41. The summed E-state index contributed by atoms with van der Waals surface area (Å²) in [6.45, 7) is 2.84. The van der Waals surface area contributed by atoms with Gasteiger partial charge in [-0.1, -0.05) is 24.3 Å². The van der Waals surface area contributed by atoms with Crippen LogP contribution in [0.5, 0.6) is 0 Å². The van der Waals surface area contributed by atoms with Gasteiger partial charge in [-0.05, 0) is 23.6 Å². The third-order valence-electron chi connectivity index (χ3n) is 4.68. The molecule has 7 heteroatoms. The number of benzene rings is 1. The van der Waals surface area contributed by atoms with Gasteiger partial charge in [0.1, 0.15) is 0 Å². The van der Waals surface area contributed by atoms with Crippen molar-refractivity contribution in [1.82, 2.24) is 25.3 Å². The molecule has 2 aromatic rings. The molecular weight excluding hydrogens is 328 g/mol. The second-order valence-electron chi connectivity index (χ2n) is 6.41. The Labute approximate surface area is 154 Å². The lowest BCUT2D eigenvalue weighted by Gasteiger charge is -2.19. The zero-order valence-electron chi connectivity index (χ0n) is 15.4. The Hall–Kier alpha value is -2.83. The van der Waals surface area contributed by atoms with Crippen LogP contribution >= 0.6 is 0 Å². The number of amides is 1. The highest BCUT2D eigenvalue weighted by atomic mass is 16.2. The van der Waals surface area contributed by atoms with Crippen LogP contribution in [0.2, 0.25) is 0 Å². The first-order valence-electron chi connectivity index (χ1n) is 8.93. The summed E-state index contributed by atoms with van der Waals surface area (Å²) in [5.74, 6) is 0.986. The summed E-state index contributed by atoms with van der Waals surface area (Å²) in [5.41, 5.74) is 3.44. The number of aliphatic imine (C=N–C) groups is 1. The molecule has 138 valence electrons. The molecule has 1 amide bonds. The highest BCUT2D eigenvalue weighted by Gasteiger charge is 2.20. The lowest BCUT2D eigenvalue weighted by molar-refractivity contribution is -0.128. The van der Waals surface area contributed by atoms with E-state index in [1.165, 1.54) is 11.1 Å². The number of nitrogens with zero attached hydrogens (tertiary/aromatic N) is 4. The molecule has 1 aromatic carbocycles. The number of likely N-dealkylation sites (tertiary alicyclic amines) is 1. The van der Waals surface area contributed by atoms with E-state index in [0.29, 0.717) is 26.1 Å². The van der Waals surface area contributed by atoms with Gasteiger partial charge in [-0.3, -0.25) is 14.5 Å². The van der Waals surface area contributed by atoms with Crippen molar-refractivity contribution in [2.24, 2.45) is 12.0 Å². The maximum absolute atomic E-state index is 11.9. The van der Waals surface area contributed by atoms with Crippen molar-refractivity contribution in [3.8, 4) is 0 Å². The Morgan fingerprint density at radius 2 is 1.96 bits per heavy atom. The molecule has 1 saturated heterocycles. The van der Waals surface area contributed by atoms with Gasteiger partial charge in [0.2, 0.25) is 5.91 Å². The van der Waals surface area contributed by atoms with Crippen LogP contribution in [-0.4, -0.2) is 40.1 Å². The zero-order valence-corrected chi connectivity index (χ0v) is 15.4. The van der Waals surface area contributed by atoms with Gasteiger partial charge < -0.3 is 15.5 Å². The average Bonchev–Trinajstić information content (AvgIpc) is 3.25. The Morgan fingerprint density at radius 3 is 2.62 bits per heavy atom. The molecule has 1 aliphatic heterocycles. The van der Waals surface area contributed by atoms with Crippen molar-refractivity contribution in [3.63, 3.8) is 0 Å². The molecule has 0 saturated carbocycles. The van der Waals surface area contributed by atoms with Crippen molar-refractivity contribution >= 4 is 11.9 Å². The van der Waals surface area contributed by atoms with Crippen molar-refractivity contribution in [2.45, 2.75) is 32.5 Å². The Bertz CT molecular complexity index is 782. The predicted molar refractivity (Wildman–Crippen MR) is 101 cm³/mol. The molecule has 0 radical (unpaired) electrons. The second kappa shape index (κ2) is 8.51. The van der Waals surface area contributed by atoms with Crippen LogP contribution < -0.4 is 10.6 Å². The molecule has 3 rings (SSSR count). The summed E-state index contributed by atoms with van der Waals surface area (Å²) < 4.78 is 1.84. The molecule has 7 nitrogen and oxygen atoms in total. The van der Waals surface area contributed by atoms with Crippen LogP contribution in [0.25, 0.3) is 0 Å². The molecule has 0 unspecified atom stereocenters. The molecular formula is C19H26N6O. The summed E-state index contributed by atoms with van der Waals surface area (Å²) >= 11 is 0. The smallest absolute Gasteiger partial charge is 0.222 e. The summed E-state index contributed by atoms with van der Waals surface area (Å²) in [7, 11) is 3.68. The Balaban J connectivity index is 1.58. The van der Waals surface area contributed by atoms with Crippen molar-refractivity contribution < 1.29 is 4.79 Å². The fraction of sp³-hybridized carbons (Fsp3) is 0.421. The van der Waals surface area contributed by atoms with E-state index >= 15 is 0 Å². The lowest BCUT2D eigenvalue weighted by Crippen LogP contribution is -2.37. The van der Waals surface area contributed by atoms with E-state index in [0.717, 1.165) is 24.6 Å². The monoisotopic (exact) mass is 354 g/mol. The zero-order chi connectivity index (χ0) is 18.4. The highest BCUT2D eigenvalue weighted by Crippen LogP contribution is 2.17. The number of aryl methyl sites for hydroxylation is 1. The number of aromatic nitrogens is 2. The molecule has 2 N–H and O–H groups in total. The van der Waals surface area contributed by atoms with Gasteiger partial charge in [-0.15, -0.1) is 0 Å². The largest absolute Gasteiger partial charge is 0.352 e. The Morgan fingerprint density at radius 1 is 1.19 bits per heavy atom. The van der Waals surface area contributed by atoms with Gasteiger partial charge in [0.25, 0.3) is 0 Å². The van der Waals surface area contributed by atoms with Gasteiger partial charge in [-0.25, -0.2) is 0 Å². The van der Waals surface area contributed by atoms with Gasteiger partial charge >= 0.3 is 0 Å². The standard InChI is InChI=1S/C19H26N6O/c1-20-19(22-13-17-9-10-23-24(17)2)21-12-15-6-3-4-7-16(15)14-25-11-5-8-18(25)26/h3-4,6-7,9-10H,5,8,11-14H2,1-2H3,(H2,20,21,22). The van der Waals surface area contributed by atoms with E-state index in [-0.39, 0.29) is 5.91 Å². The number of hydrogen-bond donors (Lipinski definition) is 2. The highest BCUT2D eigenvalue weighted by molar-refractivity contribution is 5.79. The molecule has 0 atom stereocenters. The van der Waals surface area contributed by atoms with Crippen LogP contribution in [0.1, 0.15) is 29.7 Å². The normalized spacial score (nSPS) is 14.8. The lowest BCUT2D eigenvalue weighted by atomic mass is 10.1. The predicted octanol–water partition coefficient (Wildman–Crippen LogP) is 1.41. The fourth-order valence-electron chi connectivity index (χ4n) is 3.11. The quantitative estimate of drug-likeness (QED) is 0.608. The Kier molecular flexibility index (Phi) is 5.88. The van der Waals surface area contributed by atoms with Gasteiger partial charge in [0, 0.05) is 46.3 Å². The molecule has 0 bridgehead atoms. The summed E-state index contributed by atoms with van der Waals surface area (Å²) in [5, 5.41) is 10.8. The van der Waals surface area contributed by atoms with Gasteiger partial charge in [-0.2, -0.15) is 5.10 Å². The van der Waals surface area contributed by atoms with E-state index in [2.05, 4.69) is 32.9 Å². The number of guanidine groups is 1. The molecule has 0 aliphatic carbocycles. The number of carbonyl (C=O) groups is 1. The van der Waals surface area contributed by atoms with Crippen LogP contribution in [0.3, 0.4) is 0 Å². The number of hydrogen-bond acceptors (Lipinski definition) is 3. The van der Waals surface area contributed by atoms with E-state index in [4.69, 9.17) is 0 Å². The number of rotatable bonds is 6. The van der Waals surface area contributed by atoms with Crippen LogP contribution in [-0.2, 0) is 31.5 Å². The molecule has 1 fully saturated rings. The van der Waals surface area contributed by atoms with Crippen molar-refractivity contribution in [3.05, 3.63) is 53.3 Å². The van der Waals surface area contributed by atoms with Crippen LogP contribution in [0.15, 0.2) is 41.5 Å². The summed E-state index contributed by atoms with van der Waals surface area (Å²) in [6, 6.07) is 10.2. The van der Waals surface area contributed by atoms with Crippen LogP contribution in [0.4, 0.5) is 0 Å². The average molecular weight is 354 g/mol. The van der Waals surface area contributed by atoms with Gasteiger partial charge in [0.15, 0.2) is 5.96 Å². The molecule has 1 aromatic heterocycles. The third-order valence-corrected chi connectivity index (χ3v) is 4.68. The van der Waals surface area contributed by atoms with E-state index < -0.39 is 0 Å². The first-order chi connectivity index (χ1) is 12.7. The topological polar surface area (TPSA) is 74.6 Å². The number of carbonyl (C=O) groups excluding carboxylic acids is 1. The van der Waals surface area contributed by atoms with Gasteiger partial charge in [0.05, 0.1) is 12.2 Å². The molecule has 0 spiro atoms. The minimum absolute atomic E-state index is 0.251. The third kappa shape index (κ3) is 4.41. The SMILES string of the molecule is CN=C(NCc1ccccc1CN1CCCC1=O)NCc1ccnn1C.